The van der Waals surface area contributed by atoms with E-state index in [1.807, 2.05) is 0 Å². The van der Waals surface area contributed by atoms with Gasteiger partial charge in [-0.05, 0) is 37.0 Å². The molecule has 0 saturated heterocycles. The van der Waals surface area contributed by atoms with E-state index in [-0.39, 0.29) is 18.1 Å². The highest BCUT2D eigenvalue weighted by Gasteiger charge is 2.50. The second kappa shape index (κ2) is 6.89. The van der Waals surface area contributed by atoms with Crippen molar-refractivity contribution in [1.29, 1.82) is 0 Å². The zero-order valence-electron chi connectivity index (χ0n) is 12.2. The molecule has 0 bridgehead atoms. The van der Waals surface area contributed by atoms with Crippen LogP contribution in [0.3, 0.4) is 0 Å². The third-order valence-corrected chi connectivity index (χ3v) is 3.78. The summed E-state index contributed by atoms with van der Waals surface area (Å²) in [5.41, 5.74) is -1.38. The third kappa shape index (κ3) is 3.53. The highest BCUT2D eigenvalue weighted by molar-refractivity contribution is 6.30. The van der Waals surface area contributed by atoms with Crippen LogP contribution in [-0.2, 0) is 20.7 Å². The molecule has 1 N–H and O–H groups in total. The van der Waals surface area contributed by atoms with E-state index >= 15 is 0 Å². The Kier molecular flexibility index (Phi) is 5.72. The lowest BCUT2D eigenvalue weighted by Gasteiger charge is -2.31. The number of hydrogen-bond acceptors (Lipinski definition) is 3. The molecule has 0 amide bonds. The Balaban J connectivity index is 3.26. The molecule has 21 heavy (non-hydrogen) atoms. The second-order valence-corrected chi connectivity index (χ2v) is 5.48. The fourth-order valence-corrected chi connectivity index (χ4v) is 2.27. The molecule has 4 nitrogen and oxygen atoms in total. The van der Waals surface area contributed by atoms with Gasteiger partial charge in [-0.1, -0.05) is 31.5 Å². The van der Waals surface area contributed by atoms with Crippen LogP contribution in [0.4, 0.5) is 4.39 Å². The number of esters is 1. The molecule has 0 heterocycles. The lowest BCUT2D eigenvalue weighted by Crippen LogP contribution is -2.47. The van der Waals surface area contributed by atoms with Crippen LogP contribution in [0, 0.1) is 17.2 Å². The van der Waals surface area contributed by atoms with Crippen molar-refractivity contribution >= 4 is 23.5 Å². The molecule has 1 atom stereocenters. The van der Waals surface area contributed by atoms with E-state index < -0.39 is 29.1 Å². The molecule has 0 aromatic heterocycles. The molecule has 6 heteroatoms. The van der Waals surface area contributed by atoms with Gasteiger partial charge in [-0.15, -0.1) is 0 Å². The number of carboxylic acid groups (broad SMARTS) is 1. The molecular weight excluding hydrogens is 299 g/mol. The van der Waals surface area contributed by atoms with E-state index in [2.05, 4.69) is 0 Å². The fraction of sp³-hybridized carbons (Fsp3) is 0.467. The van der Waals surface area contributed by atoms with Gasteiger partial charge < -0.3 is 9.84 Å². The van der Waals surface area contributed by atoms with Crippen molar-refractivity contribution < 1.29 is 23.8 Å². The van der Waals surface area contributed by atoms with Crippen molar-refractivity contribution in [3.05, 3.63) is 34.6 Å². The molecule has 1 rings (SSSR count). The minimum absolute atomic E-state index is 0.0552. The number of ether oxygens (including phenoxy) is 1. The number of carbonyl (C=O) groups is 2. The van der Waals surface area contributed by atoms with Crippen LogP contribution in [0.2, 0.25) is 5.02 Å². The second-order valence-electron chi connectivity index (χ2n) is 5.08. The summed E-state index contributed by atoms with van der Waals surface area (Å²) in [6, 6.07) is 3.98. The molecule has 0 aliphatic rings. The van der Waals surface area contributed by atoms with Crippen molar-refractivity contribution in [3.63, 3.8) is 0 Å². The molecule has 0 spiro atoms. The summed E-state index contributed by atoms with van der Waals surface area (Å²) in [5, 5.41) is 9.50. The Morgan fingerprint density at radius 1 is 1.43 bits per heavy atom. The van der Waals surface area contributed by atoms with Crippen LogP contribution in [0.1, 0.15) is 26.3 Å². The standard InChI is InChI=1S/C15H18ClFO4/c1-4-21-14(20)15(9(2)3,13(18)19)8-10-5-6-11(16)12(17)7-10/h5-7,9H,4,8H2,1-3H3,(H,18,19). The quantitative estimate of drug-likeness (QED) is 0.646. The summed E-state index contributed by atoms with van der Waals surface area (Å²) in [5.74, 6) is -3.27. The molecule has 0 aliphatic carbocycles. The van der Waals surface area contributed by atoms with Gasteiger partial charge in [0, 0.05) is 0 Å². The van der Waals surface area contributed by atoms with Gasteiger partial charge in [0.05, 0.1) is 11.6 Å². The summed E-state index contributed by atoms with van der Waals surface area (Å²) in [6.07, 6.45) is -0.160. The van der Waals surface area contributed by atoms with Gasteiger partial charge in [-0.25, -0.2) is 4.39 Å². The minimum Gasteiger partial charge on any atom is -0.480 e. The van der Waals surface area contributed by atoms with Gasteiger partial charge in [0.15, 0.2) is 5.41 Å². The summed E-state index contributed by atoms with van der Waals surface area (Å²) in [7, 11) is 0. The number of hydrogen-bond donors (Lipinski definition) is 1. The maximum atomic E-state index is 13.5. The van der Waals surface area contributed by atoms with Crippen LogP contribution in [0.5, 0.6) is 0 Å². The highest BCUT2D eigenvalue weighted by atomic mass is 35.5. The normalized spacial score (nSPS) is 13.8. The van der Waals surface area contributed by atoms with Crippen molar-refractivity contribution in [3.8, 4) is 0 Å². The van der Waals surface area contributed by atoms with Gasteiger partial charge >= 0.3 is 11.9 Å². The number of carbonyl (C=O) groups excluding carboxylic acids is 1. The first kappa shape index (κ1) is 17.4. The van der Waals surface area contributed by atoms with Crippen LogP contribution >= 0.6 is 11.6 Å². The lowest BCUT2D eigenvalue weighted by molar-refractivity contribution is -0.172. The van der Waals surface area contributed by atoms with Gasteiger partial charge in [-0.2, -0.15) is 0 Å². The molecule has 1 aromatic carbocycles. The topological polar surface area (TPSA) is 63.6 Å². The maximum absolute atomic E-state index is 13.5. The maximum Gasteiger partial charge on any atom is 0.324 e. The summed E-state index contributed by atoms with van der Waals surface area (Å²) >= 11 is 5.61. The molecule has 116 valence electrons. The van der Waals surface area contributed by atoms with Crippen LogP contribution < -0.4 is 0 Å². The summed E-state index contributed by atoms with van der Waals surface area (Å²) in [4.78, 5) is 23.9. The molecule has 0 aliphatic heterocycles. The number of aliphatic carboxylic acids is 1. The Morgan fingerprint density at radius 3 is 2.48 bits per heavy atom. The van der Waals surface area contributed by atoms with Crippen molar-refractivity contribution in [2.45, 2.75) is 27.2 Å². The zero-order valence-corrected chi connectivity index (χ0v) is 12.9. The SMILES string of the molecule is CCOC(=O)C(Cc1ccc(Cl)c(F)c1)(C(=O)O)C(C)C. The Hall–Kier alpha value is -1.62. The lowest BCUT2D eigenvalue weighted by atomic mass is 9.72. The van der Waals surface area contributed by atoms with E-state index in [9.17, 15) is 19.1 Å². The average molecular weight is 317 g/mol. The minimum atomic E-state index is -1.75. The van der Waals surface area contributed by atoms with E-state index in [1.165, 1.54) is 12.1 Å². The van der Waals surface area contributed by atoms with Gasteiger partial charge in [-0.3, -0.25) is 9.59 Å². The monoisotopic (exact) mass is 316 g/mol. The third-order valence-electron chi connectivity index (χ3n) is 3.47. The van der Waals surface area contributed by atoms with Crippen LogP contribution in [-0.4, -0.2) is 23.7 Å². The molecular formula is C15H18ClFO4. The van der Waals surface area contributed by atoms with Gasteiger partial charge in [0.2, 0.25) is 0 Å². The van der Waals surface area contributed by atoms with Crippen LogP contribution in [0.15, 0.2) is 18.2 Å². The van der Waals surface area contributed by atoms with E-state index in [4.69, 9.17) is 16.3 Å². The number of rotatable bonds is 6. The van der Waals surface area contributed by atoms with E-state index in [1.54, 1.807) is 20.8 Å². The Bertz CT molecular complexity index is 544. The first-order valence-electron chi connectivity index (χ1n) is 6.60. The average Bonchev–Trinajstić information content (AvgIpc) is 2.39. The molecule has 0 fully saturated rings. The molecule has 1 unspecified atom stereocenters. The smallest absolute Gasteiger partial charge is 0.324 e. The van der Waals surface area contributed by atoms with Crippen molar-refractivity contribution in [2.24, 2.45) is 11.3 Å². The fourth-order valence-electron chi connectivity index (χ4n) is 2.15. The zero-order chi connectivity index (χ0) is 16.2. The van der Waals surface area contributed by atoms with E-state index in [0.717, 1.165) is 6.07 Å². The predicted octanol–water partition coefficient (Wildman–Crippen LogP) is 3.31. The number of halogens is 2. The Labute approximate surface area is 127 Å². The summed E-state index contributed by atoms with van der Waals surface area (Å²) < 4.78 is 18.4. The number of carboxylic acids is 1. The molecule has 1 aromatic rings. The van der Waals surface area contributed by atoms with Crippen molar-refractivity contribution in [2.75, 3.05) is 6.61 Å². The number of benzene rings is 1. The van der Waals surface area contributed by atoms with Crippen molar-refractivity contribution in [1.82, 2.24) is 0 Å². The summed E-state index contributed by atoms with van der Waals surface area (Å²) in [6.45, 7) is 4.93. The van der Waals surface area contributed by atoms with Gasteiger partial charge in [0.1, 0.15) is 5.82 Å². The largest absolute Gasteiger partial charge is 0.480 e. The predicted molar refractivity (Wildman–Crippen MR) is 76.7 cm³/mol. The van der Waals surface area contributed by atoms with Crippen LogP contribution in [0.25, 0.3) is 0 Å². The first-order valence-corrected chi connectivity index (χ1v) is 6.98. The van der Waals surface area contributed by atoms with E-state index in [0.29, 0.717) is 5.56 Å². The van der Waals surface area contributed by atoms with Gasteiger partial charge in [0.25, 0.3) is 0 Å². The first-order chi connectivity index (χ1) is 9.75. The highest BCUT2D eigenvalue weighted by Crippen LogP contribution is 2.34. The molecule has 0 saturated carbocycles. The molecule has 0 radical (unpaired) electrons. The Morgan fingerprint density at radius 2 is 2.05 bits per heavy atom.